The molecule has 150 valence electrons. The minimum atomic E-state index is -0.438. The van der Waals surface area contributed by atoms with E-state index < -0.39 is 4.92 Å². The smallest absolute Gasteiger partial charge is 0.312 e. The third-order valence-electron chi connectivity index (χ3n) is 4.02. The molecule has 3 rings (SSSR count). The van der Waals surface area contributed by atoms with E-state index in [0.717, 1.165) is 10.6 Å². The molecule has 0 unspecified atom stereocenters. The number of hydrogen-bond acceptors (Lipinski definition) is 6. The first-order chi connectivity index (χ1) is 13.8. The van der Waals surface area contributed by atoms with E-state index in [1.165, 1.54) is 23.9 Å². The second-order valence-electron chi connectivity index (χ2n) is 6.89. The molecule has 1 heterocycles. The van der Waals surface area contributed by atoms with Crippen LogP contribution in [0.5, 0.6) is 5.88 Å². The largest absolute Gasteiger partial charge is 0.406 e. The fourth-order valence-corrected chi connectivity index (χ4v) is 3.59. The molecule has 0 aliphatic heterocycles. The molecule has 3 aromatic rings. The number of aryl methyl sites for hydroxylation is 1. The summed E-state index contributed by atoms with van der Waals surface area (Å²) in [6, 6.07) is 15.7. The van der Waals surface area contributed by atoms with Crippen molar-refractivity contribution < 1.29 is 14.5 Å². The summed E-state index contributed by atoms with van der Waals surface area (Å²) in [5.41, 5.74) is 1.50. The van der Waals surface area contributed by atoms with Gasteiger partial charge in [0.1, 0.15) is 0 Å². The Labute approximate surface area is 172 Å². The average Bonchev–Trinajstić information content (AvgIpc) is 2.98. The lowest BCUT2D eigenvalue weighted by Crippen LogP contribution is -2.14. The molecule has 0 N–H and O–H groups in total. The van der Waals surface area contributed by atoms with Crippen LogP contribution in [-0.4, -0.2) is 20.7 Å². The fraction of sp³-hybridized carbons (Fsp3) is 0.238. The maximum atomic E-state index is 12.4. The van der Waals surface area contributed by atoms with Gasteiger partial charge in [-0.15, -0.1) is 0 Å². The van der Waals surface area contributed by atoms with Gasteiger partial charge in [0.05, 0.1) is 21.2 Å². The van der Waals surface area contributed by atoms with Gasteiger partial charge >= 0.3 is 5.97 Å². The molecular weight excluding hydrogens is 390 g/mol. The van der Waals surface area contributed by atoms with E-state index in [-0.39, 0.29) is 17.6 Å². The first-order valence-corrected chi connectivity index (χ1v) is 9.95. The highest BCUT2D eigenvalue weighted by molar-refractivity contribution is 7.99. The fourth-order valence-electron chi connectivity index (χ4n) is 2.68. The zero-order chi connectivity index (χ0) is 21.0. The van der Waals surface area contributed by atoms with Gasteiger partial charge in [-0.3, -0.25) is 14.9 Å². The molecule has 0 fully saturated rings. The number of esters is 1. The second kappa shape index (κ2) is 8.91. The lowest BCUT2D eigenvalue weighted by Gasteiger charge is -2.11. The van der Waals surface area contributed by atoms with Gasteiger partial charge in [-0.25, -0.2) is 0 Å². The number of benzene rings is 2. The third-order valence-corrected chi connectivity index (χ3v) is 5.20. The summed E-state index contributed by atoms with van der Waals surface area (Å²) in [7, 11) is 0. The highest BCUT2D eigenvalue weighted by Crippen LogP contribution is 2.39. The van der Waals surface area contributed by atoms with E-state index in [4.69, 9.17) is 4.74 Å². The van der Waals surface area contributed by atoms with Gasteiger partial charge in [0.2, 0.25) is 5.88 Å². The Morgan fingerprint density at radius 3 is 2.41 bits per heavy atom. The van der Waals surface area contributed by atoms with Crippen LogP contribution in [0.15, 0.2) is 64.4 Å². The van der Waals surface area contributed by atoms with Gasteiger partial charge in [0, 0.05) is 23.4 Å². The summed E-state index contributed by atoms with van der Waals surface area (Å²) in [6.45, 7) is 5.74. The Morgan fingerprint density at radius 1 is 1.17 bits per heavy atom. The Morgan fingerprint density at radius 2 is 1.83 bits per heavy atom. The number of nitro groups is 1. The third kappa shape index (κ3) is 5.03. The summed E-state index contributed by atoms with van der Waals surface area (Å²) < 4.78 is 7.34. The second-order valence-corrected chi connectivity index (χ2v) is 7.98. The lowest BCUT2D eigenvalue weighted by atomic mass is 10.1. The monoisotopic (exact) mass is 411 g/mol. The Kier molecular flexibility index (Phi) is 6.33. The van der Waals surface area contributed by atoms with Crippen LogP contribution in [0.1, 0.15) is 26.0 Å². The zero-order valence-electron chi connectivity index (χ0n) is 16.4. The molecule has 0 radical (unpaired) electrons. The van der Waals surface area contributed by atoms with Crippen molar-refractivity contribution in [2.45, 2.75) is 37.0 Å². The minimum Gasteiger partial charge on any atom is -0.406 e. The van der Waals surface area contributed by atoms with E-state index in [9.17, 15) is 14.9 Å². The van der Waals surface area contributed by atoms with Crippen LogP contribution in [0, 0.1) is 23.0 Å². The summed E-state index contributed by atoms with van der Waals surface area (Å²) in [5.74, 6) is 0.188. The summed E-state index contributed by atoms with van der Waals surface area (Å²) in [4.78, 5) is 24.3. The van der Waals surface area contributed by atoms with Crippen LogP contribution in [0.2, 0.25) is 0 Å². The number of aromatic nitrogens is 2. The molecule has 0 aliphatic rings. The number of carbonyl (C=O) groups is 1. The number of nitro benzene ring substituents is 1. The molecule has 29 heavy (non-hydrogen) atoms. The number of non-ortho nitro benzene ring substituents is 1. The number of carbonyl (C=O) groups excluding carboxylic acids is 1. The van der Waals surface area contributed by atoms with Gasteiger partial charge in [-0.1, -0.05) is 43.8 Å². The molecule has 0 aliphatic carbocycles. The zero-order valence-corrected chi connectivity index (χ0v) is 17.2. The Hall–Kier alpha value is -3.13. The van der Waals surface area contributed by atoms with Crippen LogP contribution in [0.25, 0.3) is 5.69 Å². The summed E-state index contributed by atoms with van der Waals surface area (Å²) >= 11 is 1.35. The predicted octanol–water partition coefficient (Wildman–Crippen LogP) is 5.19. The molecule has 1 aromatic heterocycles. The molecular formula is C21H21N3O4S. The number of ether oxygens (including phenoxy) is 1. The van der Waals surface area contributed by atoms with E-state index >= 15 is 0 Å². The number of para-hydroxylation sites is 1. The maximum Gasteiger partial charge on any atom is 0.312 e. The summed E-state index contributed by atoms with van der Waals surface area (Å²) in [6.07, 6.45) is 0.292. The van der Waals surface area contributed by atoms with Crippen molar-refractivity contribution in [3.63, 3.8) is 0 Å². The van der Waals surface area contributed by atoms with Crippen LogP contribution in [0.4, 0.5) is 5.69 Å². The van der Waals surface area contributed by atoms with Crippen molar-refractivity contribution in [2.24, 2.45) is 5.92 Å². The summed E-state index contributed by atoms with van der Waals surface area (Å²) in [5, 5.41) is 15.4. The van der Waals surface area contributed by atoms with Gasteiger partial charge in [-0.05, 0) is 37.1 Å². The van der Waals surface area contributed by atoms with Crippen LogP contribution in [0.3, 0.4) is 0 Å². The standard InChI is InChI=1S/C21H21N3O4S/c1-14(2)13-19(25)28-21-20(29-18-11-9-17(10-12-18)24(26)27)15(3)22-23(21)16-7-5-4-6-8-16/h4-12,14H,13H2,1-3H3. The number of nitrogens with zero attached hydrogens (tertiary/aromatic N) is 3. The van der Waals surface area contributed by atoms with Gasteiger partial charge in [0.15, 0.2) is 0 Å². The van der Waals surface area contributed by atoms with Crippen LogP contribution in [-0.2, 0) is 4.79 Å². The Bertz CT molecular complexity index is 1010. The molecule has 0 amide bonds. The highest BCUT2D eigenvalue weighted by Gasteiger charge is 2.22. The van der Waals surface area contributed by atoms with Crippen molar-refractivity contribution >= 4 is 23.4 Å². The first kappa shape index (κ1) is 20.6. The topological polar surface area (TPSA) is 87.3 Å². The predicted molar refractivity (Wildman–Crippen MR) is 111 cm³/mol. The van der Waals surface area contributed by atoms with Crippen molar-refractivity contribution in [1.29, 1.82) is 0 Å². The van der Waals surface area contributed by atoms with E-state index in [1.54, 1.807) is 16.8 Å². The normalized spacial score (nSPS) is 10.9. The van der Waals surface area contributed by atoms with Crippen LogP contribution >= 0.6 is 11.8 Å². The highest BCUT2D eigenvalue weighted by atomic mass is 32.2. The van der Waals surface area contributed by atoms with E-state index in [0.29, 0.717) is 22.9 Å². The van der Waals surface area contributed by atoms with E-state index in [1.807, 2.05) is 51.1 Å². The molecule has 0 bridgehead atoms. The molecule has 0 saturated carbocycles. The first-order valence-electron chi connectivity index (χ1n) is 9.13. The SMILES string of the molecule is Cc1nn(-c2ccccc2)c(OC(=O)CC(C)C)c1Sc1ccc([N+](=O)[O-])cc1. The van der Waals surface area contributed by atoms with Gasteiger partial charge in [-0.2, -0.15) is 9.78 Å². The van der Waals surface area contributed by atoms with Crippen molar-refractivity contribution in [3.05, 3.63) is 70.4 Å². The van der Waals surface area contributed by atoms with Crippen LogP contribution < -0.4 is 4.74 Å². The van der Waals surface area contributed by atoms with E-state index in [2.05, 4.69) is 5.10 Å². The Balaban J connectivity index is 1.99. The van der Waals surface area contributed by atoms with Gasteiger partial charge < -0.3 is 4.74 Å². The van der Waals surface area contributed by atoms with Crippen molar-refractivity contribution in [2.75, 3.05) is 0 Å². The van der Waals surface area contributed by atoms with Crippen molar-refractivity contribution in [1.82, 2.24) is 9.78 Å². The number of hydrogen-bond donors (Lipinski definition) is 0. The molecule has 7 nitrogen and oxygen atoms in total. The lowest BCUT2D eigenvalue weighted by molar-refractivity contribution is -0.384. The molecule has 2 aromatic carbocycles. The van der Waals surface area contributed by atoms with Crippen molar-refractivity contribution in [3.8, 4) is 11.6 Å². The molecule has 0 saturated heterocycles. The van der Waals surface area contributed by atoms with Gasteiger partial charge in [0.25, 0.3) is 5.69 Å². The minimum absolute atomic E-state index is 0.0228. The molecule has 8 heteroatoms. The molecule has 0 spiro atoms. The quantitative estimate of drug-likeness (QED) is 0.302. The maximum absolute atomic E-state index is 12.4. The molecule has 0 atom stereocenters. The number of rotatable bonds is 7. The average molecular weight is 411 g/mol.